The van der Waals surface area contributed by atoms with Gasteiger partial charge < -0.3 is 5.32 Å². The number of anilines is 1. The minimum atomic E-state index is -3.47. The smallest absolute Gasteiger partial charge is 0.226 e. The second-order valence-electron chi connectivity index (χ2n) is 4.79. The van der Waals surface area contributed by atoms with Gasteiger partial charge in [0.1, 0.15) is 17.0 Å². The van der Waals surface area contributed by atoms with Gasteiger partial charge >= 0.3 is 0 Å². The predicted octanol–water partition coefficient (Wildman–Crippen LogP) is 2.49. The Morgan fingerprint density at radius 3 is 2.70 bits per heavy atom. The fourth-order valence-electron chi connectivity index (χ4n) is 2.06. The van der Waals surface area contributed by atoms with Gasteiger partial charge in [-0.1, -0.05) is 18.2 Å². The summed E-state index contributed by atoms with van der Waals surface area (Å²) < 4.78 is 24.3. The molecule has 6 nitrogen and oxygen atoms in total. The van der Waals surface area contributed by atoms with Gasteiger partial charge in [-0.05, 0) is 23.6 Å². The molecule has 0 unspecified atom stereocenters. The van der Waals surface area contributed by atoms with Gasteiger partial charge in [0, 0.05) is 6.42 Å². The number of carbonyl (C=O) groups is 1. The minimum Gasteiger partial charge on any atom is -0.310 e. The van der Waals surface area contributed by atoms with Crippen LogP contribution in [0.15, 0.2) is 53.0 Å². The Balaban J connectivity index is 1.67. The topological polar surface area (TPSA) is 89.0 Å². The number of benzene rings is 1. The lowest BCUT2D eigenvalue weighted by Crippen LogP contribution is -2.18. The van der Waals surface area contributed by atoms with E-state index in [0.717, 1.165) is 10.2 Å². The highest BCUT2D eigenvalue weighted by Gasteiger charge is 2.17. The Bertz CT molecular complexity index is 937. The van der Waals surface area contributed by atoms with E-state index in [1.54, 1.807) is 18.2 Å². The monoisotopic (exact) mass is 347 g/mol. The number of thiophene rings is 1. The van der Waals surface area contributed by atoms with Gasteiger partial charge in [0.2, 0.25) is 5.91 Å². The van der Waals surface area contributed by atoms with Gasteiger partial charge in [-0.3, -0.25) is 4.79 Å². The van der Waals surface area contributed by atoms with E-state index < -0.39 is 15.7 Å². The number of aromatic nitrogens is 2. The van der Waals surface area contributed by atoms with Crippen LogP contribution in [0.3, 0.4) is 0 Å². The lowest BCUT2D eigenvalue weighted by molar-refractivity contribution is -0.115. The number of carbonyl (C=O) groups excluding carboxylic acids is 1. The Kier molecular flexibility index (Phi) is 4.35. The molecule has 0 atom stereocenters. The molecule has 3 rings (SSSR count). The van der Waals surface area contributed by atoms with Gasteiger partial charge in [0.15, 0.2) is 9.84 Å². The molecule has 1 amide bonds. The molecule has 0 fully saturated rings. The molecule has 0 saturated carbocycles. The first-order valence-corrected chi connectivity index (χ1v) is 9.35. The van der Waals surface area contributed by atoms with Crippen LogP contribution in [0, 0.1) is 0 Å². The number of hydrogen-bond acceptors (Lipinski definition) is 6. The van der Waals surface area contributed by atoms with Crippen molar-refractivity contribution < 1.29 is 13.2 Å². The summed E-state index contributed by atoms with van der Waals surface area (Å²) in [6, 6.07) is 9.91. The molecule has 0 bridgehead atoms. The molecule has 1 N–H and O–H groups in total. The number of rotatable bonds is 5. The van der Waals surface area contributed by atoms with Gasteiger partial charge in [-0.2, -0.15) is 0 Å². The lowest BCUT2D eigenvalue weighted by atomic mass is 10.3. The first-order valence-electron chi connectivity index (χ1n) is 6.82. The van der Waals surface area contributed by atoms with Gasteiger partial charge in [-0.15, -0.1) is 11.3 Å². The maximum atomic E-state index is 12.2. The molecule has 2 aromatic heterocycles. The lowest BCUT2D eigenvalue weighted by Gasteiger charge is -2.06. The number of amides is 1. The molecule has 0 spiro atoms. The average Bonchev–Trinajstić information content (AvgIpc) is 3.04. The fourth-order valence-corrected chi connectivity index (χ4v) is 4.05. The number of nitrogens with one attached hydrogen (secondary N) is 1. The summed E-state index contributed by atoms with van der Waals surface area (Å²) in [5.74, 6) is -0.241. The Hall–Kier alpha value is -2.32. The fraction of sp³-hybridized carbons (Fsp3) is 0.133. The van der Waals surface area contributed by atoms with E-state index in [1.165, 1.54) is 29.8 Å². The number of fused-ring (bicyclic) bond motifs is 1. The van der Waals surface area contributed by atoms with Crippen molar-refractivity contribution in [1.82, 2.24) is 9.97 Å². The van der Waals surface area contributed by atoms with Crippen molar-refractivity contribution in [3.8, 4) is 0 Å². The first-order chi connectivity index (χ1) is 11.1. The Morgan fingerprint density at radius 2 is 1.91 bits per heavy atom. The standard InChI is InChI=1S/C15H13N3O3S2/c19-13(7-9-23(20,21)11-4-2-1-3-5-11)18-14-12-6-8-22-15(12)17-10-16-14/h1-6,8,10H,7,9H2,(H,16,17,18,19). The van der Waals surface area contributed by atoms with Gasteiger partial charge in [-0.25, -0.2) is 18.4 Å². The highest BCUT2D eigenvalue weighted by molar-refractivity contribution is 7.91. The molecular weight excluding hydrogens is 334 g/mol. The highest BCUT2D eigenvalue weighted by atomic mass is 32.2. The van der Waals surface area contributed by atoms with Crippen LogP contribution in [0.2, 0.25) is 0 Å². The molecular formula is C15H13N3O3S2. The number of nitrogens with zero attached hydrogens (tertiary/aromatic N) is 2. The number of hydrogen-bond donors (Lipinski definition) is 1. The Labute approximate surface area is 137 Å². The van der Waals surface area contributed by atoms with Crippen LogP contribution < -0.4 is 5.32 Å². The van der Waals surface area contributed by atoms with Crippen molar-refractivity contribution in [2.45, 2.75) is 11.3 Å². The largest absolute Gasteiger partial charge is 0.310 e. The van der Waals surface area contributed by atoms with E-state index in [2.05, 4.69) is 15.3 Å². The zero-order valence-corrected chi connectivity index (χ0v) is 13.6. The van der Waals surface area contributed by atoms with Gasteiger partial charge in [0.05, 0.1) is 16.0 Å². The van der Waals surface area contributed by atoms with Crippen molar-refractivity contribution >= 4 is 43.1 Å². The second-order valence-corrected chi connectivity index (χ2v) is 7.80. The van der Waals surface area contributed by atoms with Crippen LogP contribution >= 0.6 is 11.3 Å². The molecule has 1 aromatic carbocycles. The summed E-state index contributed by atoms with van der Waals surface area (Å²) in [6.45, 7) is 0. The van der Waals surface area contributed by atoms with Crippen LogP contribution in [-0.4, -0.2) is 30.0 Å². The van der Waals surface area contributed by atoms with Crippen LogP contribution in [0.4, 0.5) is 5.82 Å². The highest BCUT2D eigenvalue weighted by Crippen LogP contribution is 2.23. The molecule has 118 valence electrons. The van der Waals surface area contributed by atoms with Crippen LogP contribution in [0.5, 0.6) is 0 Å². The third-order valence-electron chi connectivity index (χ3n) is 3.22. The minimum absolute atomic E-state index is 0.132. The van der Waals surface area contributed by atoms with E-state index in [0.29, 0.717) is 5.82 Å². The van der Waals surface area contributed by atoms with E-state index >= 15 is 0 Å². The Morgan fingerprint density at radius 1 is 1.13 bits per heavy atom. The van der Waals surface area contributed by atoms with E-state index in [-0.39, 0.29) is 17.1 Å². The third kappa shape index (κ3) is 3.54. The van der Waals surface area contributed by atoms with E-state index in [9.17, 15) is 13.2 Å². The van der Waals surface area contributed by atoms with Crippen LogP contribution in [-0.2, 0) is 14.6 Å². The van der Waals surface area contributed by atoms with Crippen molar-refractivity contribution in [3.63, 3.8) is 0 Å². The summed E-state index contributed by atoms with van der Waals surface area (Å²) in [7, 11) is -3.47. The summed E-state index contributed by atoms with van der Waals surface area (Å²) in [6.07, 6.45) is 1.24. The first kappa shape index (κ1) is 15.6. The number of sulfone groups is 1. The zero-order valence-electron chi connectivity index (χ0n) is 12.0. The molecule has 0 aliphatic carbocycles. The van der Waals surface area contributed by atoms with Gasteiger partial charge in [0.25, 0.3) is 0 Å². The molecule has 23 heavy (non-hydrogen) atoms. The maximum Gasteiger partial charge on any atom is 0.226 e. The van der Waals surface area contributed by atoms with E-state index in [4.69, 9.17) is 0 Å². The molecule has 0 radical (unpaired) electrons. The molecule has 0 saturated heterocycles. The summed E-state index contributed by atoms with van der Waals surface area (Å²) in [5, 5.41) is 5.25. The predicted molar refractivity (Wildman–Crippen MR) is 89.2 cm³/mol. The van der Waals surface area contributed by atoms with Crippen molar-refractivity contribution in [1.29, 1.82) is 0 Å². The molecule has 8 heteroatoms. The molecule has 2 heterocycles. The summed E-state index contributed by atoms with van der Waals surface area (Å²) >= 11 is 1.45. The summed E-state index contributed by atoms with van der Waals surface area (Å²) in [5.41, 5.74) is 0. The van der Waals surface area contributed by atoms with Crippen LogP contribution in [0.25, 0.3) is 10.2 Å². The molecule has 0 aliphatic heterocycles. The maximum absolute atomic E-state index is 12.2. The summed E-state index contributed by atoms with van der Waals surface area (Å²) in [4.78, 5) is 21.1. The van der Waals surface area contributed by atoms with Crippen molar-refractivity contribution in [2.75, 3.05) is 11.1 Å². The zero-order chi connectivity index (χ0) is 16.3. The third-order valence-corrected chi connectivity index (χ3v) is 5.77. The molecule has 3 aromatic rings. The normalized spacial score (nSPS) is 11.5. The second kappa shape index (κ2) is 6.43. The molecule has 0 aliphatic rings. The average molecular weight is 347 g/mol. The van der Waals surface area contributed by atoms with Crippen molar-refractivity contribution in [3.05, 3.63) is 48.1 Å². The SMILES string of the molecule is O=C(CCS(=O)(=O)c1ccccc1)Nc1ncnc2sccc12. The van der Waals surface area contributed by atoms with Crippen molar-refractivity contribution in [2.24, 2.45) is 0 Å². The van der Waals surface area contributed by atoms with Crippen LogP contribution in [0.1, 0.15) is 6.42 Å². The van der Waals surface area contributed by atoms with E-state index in [1.807, 2.05) is 11.4 Å². The quantitative estimate of drug-likeness (QED) is 0.766.